The molecular weight excluding hydrogens is 465 g/mol. The third-order valence-corrected chi connectivity index (χ3v) is 7.59. The summed E-state index contributed by atoms with van der Waals surface area (Å²) < 4.78 is 28.4. The van der Waals surface area contributed by atoms with Gasteiger partial charge in [-0.2, -0.15) is 0 Å². The van der Waals surface area contributed by atoms with E-state index in [2.05, 4.69) is 20.8 Å². The van der Waals surface area contributed by atoms with E-state index in [9.17, 15) is 14.3 Å². The predicted octanol–water partition coefficient (Wildman–Crippen LogP) is 5.25. The average Bonchev–Trinajstić information content (AvgIpc) is 2.77. The van der Waals surface area contributed by atoms with Crippen LogP contribution >= 0.6 is 7.60 Å². The Morgan fingerprint density at radius 2 is 1.46 bits per heavy atom. The molecule has 2 N–H and O–H groups in total. The first-order valence-corrected chi connectivity index (χ1v) is 15.8. The number of carbonyl (C=O) groups excluding carboxylic acids is 1. The quantitative estimate of drug-likeness (QED) is 0.102. The molecule has 4 atom stereocenters. The molecule has 4 unspecified atom stereocenters. The summed E-state index contributed by atoms with van der Waals surface area (Å²) in [6, 6.07) is 0. The van der Waals surface area contributed by atoms with E-state index in [1.807, 2.05) is 14.1 Å². The smallest absolute Gasteiger partial charge is 0.333 e. The minimum atomic E-state index is -3.71. The molecule has 0 spiro atoms. The summed E-state index contributed by atoms with van der Waals surface area (Å²) >= 11 is 0. The summed E-state index contributed by atoms with van der Waals surface area (Å²) in [6.07, 6.45) is 15.4. The maximum atomic E-state index is 12.2. The van der Waals surface area contributed by atoms with Gasteiger partial charge in [-0.05, 0) is 18.3 Å². The molecule has 0 bridgehead atoms. The van der Waals surface area contributed by atoms with Gasteiger partial charge in [-0.3, -0.25) is 9.36 Å². The highest BCUT2D eigenvalue weighted by molar-refractivity contribution is 7.52. The van der Waals surface area contributed by atoms with Crippen LogP contribution in [0.3, 0.4) is 0 Å². The highest BCUT2D eigenvalue weighted by Crippen LogP contribution is 2.41. The Labute approximate surface area is 216 Å². The van der Waals surface area contributed by atoms with Crippen molar-refractivity contribution in [3.05, 3.63) is 0 Å². The topological polar surface area (TPSA) is 86.5 Å². The SMILES string of the molecule is CCCCCCCCCCCCC(C)CC(C)COCC(COP(=O)(O)CC[NH+](C)C)OC(C)=O. The summed E-state index contributed by atoms with van der Waals surface area (Å²) in [7, 11) is 0.115. The Morgan fingerprint density at radius 3 is 2.00 bits per heavy atom. The predicted molar refractivity (Wildman–Crippen MR) is 144 cm³/mol. The van der Waals surface area contributed by atoms with Gasteiger partial charge in [0.15, 0.2) is 0 Å². The second-order valence-electron chi connectivity index (χ2n) is 10.8. The van der Waals surface area contributed by atoms with Gasteiger partial charge in [-0.1, -0.05) is 91.4 Å². The fraction of sp³-hybridized carbons (Fsp3) is 0.963. The van der Waals surface area contributed by atoms with Crippen LogP contribution in [-0.4, -0.2) is 63.6 Å². The molecule has 210 valence electrons. The molecule has 0 rings (SSSR count). The van der Waals surface area contributed by atoms with Crippen LogP contribution in [0.15, 0.2) is 0 Å². The second kappa shape index (κ2) is 21.6. The molecule has 0 radical (unpaired) electrons. The maximum absolute atomic E-state index is 12.2. The van der Waals surface area contributed by atoms with Crippen LogP contribution in [0.4, 0.5) is 0 Å². The standard InChI is InChI=1S/C27H56NO6P/c1-7-8-9-10-11-12-13-14-15-16-17-24(2)20-25(3)21-32-22-27(34-26(4)29)23-33-35(30,31)19-18-28(5)6/h24-25,27H,7-23H2,1-6H3,(H,30,31)/p+1. The van der Waals surface area contributed by atoms with Gasteiger partial charge < -0.3 is 23.8 Å². The van der Waals surface area contributed by atoms with E-state index in [1.165, 1.54) is 77.6 Å². The van der Waals surface area contributed by atoms with Crippen molar-refractivity contribution in [1.29, 1.82) is 0 Å². The Morgan fingerprint density at radius 1 is 0.886 bits per heavy atom. The van der Waals surface area contributed by atoms with E-state index in [0.29, 0.717) is 25.0 Å². The van der Waals surface area contributed by atoms with Crippen LogP contribution in [0, 0.1) is 11.8 Å². The Balaban J connectivity index is 4.01. The van der Waals surface area contributed by atoms with Crippen LogP contribution < -0.4 is 4.90 Å². The van der Waals surface area contributed by atoms with Crippen molar-refractivity contribution in [2.45, 2.75) is 111 Å². The average molecular weight is 523 g/mol. The Bertz CT molecular complexity index is 560. The third kappa shape index (κ3) is 23.7. The van der Waals surface area contributed by atoms with Crippen molar-refractivity contribution < 1.29 is 33.2 Å². The summed E-state index contributed by atoms with van der Waals surface area (Å²) in [4.78, 5) is 22.4. The first kappa shape index (κ1) is 34.5. The molecule has 0 heterocycles. The van der Waals surface area contributed by atoms with Gasteiger partial charge in [0.25, 0.3) is 0 Å². The van der Waals surface area contributed by atoms with Crippen molar-refractivity contribution in [2.75, 3.05) is 46.6 Å². The monoisotopic (exact) mass is 522 g/mol. The molecule has 0 amide bonds. The zero-order valence-electron chi connectivity index (χ0n) is 23.7. The molecule has 0 aromatic heterocycles. The van der Waals surface area contributed by atoms with E-state index in [1.54, 1.807) is 0 Å². The van der Waals surface area contributed by atoms with E-state index < -0.39 is 19.7 Å². The van der Waals surface area contributed by atoms with Crippen molar-refractivity contribution in [3.8, 4) is 0 Å². The van der Waals surface area contributed by atoms with Crippen molar-refractivity contribution >= 4 is 13.6 Å². The molecule has 8 heteroatoms. The lowest BCUT2D eigenvalue weighted by Gasteiger charge is -2.21. The molecule has 0 aliphatic heterocycles. The lowest BCUT2D eigenvalue weighted by atomic mass is 9.93. The molecule has 0 aromatic carbocycles. The molecule has 0 fully saturated rings. The van der Waals surface area contributed by atoms with Crippen LogP contribution in [0.5, 0.6) is 0 Å². The van der Waals surface area contributed by atoms with E-state index in [4.69, 9.17) is 14.0 Å². The first-order chi connectivity index (χ1) is 16.6. The van der Waals surface area contributed by atoms with Gasteiger partial charge >= 0.3 is 13.6 Å². The Kier molecular flexibility index (Phi) is 21.3. The number of carbonyl (C=O) groups is 1. The Hall–Kier alpha value is -0.460. The van der Waals surface area contributed by atoms with Crippen LogP contribution in [0.1, 0.15) is 105 Å². The van der Waals surface area contributed by atoms with E-state index >= 15 is 0 Å². The first-order valence-electron chi connectivity index (χ1n) is 14.1. The number of esters is 1. The zero-order chi connectivity index (χ0) is 26.5. The molecule has 0 aliphatic rings. The van der Waals surface area contributed by atoms with Gasteiger partial charge in [-0.25, -0.2) is 0 Å². The molecular formula is C27H57NO6P+. The summed E-state index contributed by atoms with van der Waals surface area (Å²) in [6.45, 7) is 9.19. The number of unbranched alkanes of at least 4 members (excludes halogenated alkanes) is 9. The van der Waals surface area contributed by atoms with Crippen LogP contribution in [0.2, 0.25) is 0 Å². The molecule has 0 aliphatic carbocycles. The van der Waals surface area contributed by atoms with Crippen LogP contribution in [-0.2, 0) is 23.4 Å². The van der Waals surface area contributed by atoms with Crippen LogP contribution in [0.25, 0.3) is 0 Å². The minimum Gasteiger partial charge on any atom is -0.458 e. The number of hydrogen-bond donors (Lipinski definition) is 2. The summed E-state index contributed by atoms with van der Waals surface area (Å²) in [5, 5.41) is 0. The molecule has 0 aromatic rings. The summed E-state index contributed by atoms with van der Waals surface area (Å²) in [5.41, 5.74) is 0. The largest absolute Gasteiger partial charge is 0.458 e. The van der Waals surface area contributed by atoms with Crippen molar-refractivity contribution in [1.82, 2.24) is 0 Å². The van der Waals surface area contributed by atoms with Gasteiger partial charge in [0.05, 0.1) is 40.0 Å². The number of nitrogens with one attached hydrogen (secondary N) is 1. The third-order valence-electron chi connectivity index (χ3n) is 6.25. The fourth-order valence-electron chi connectivity index (χ4n) is 4.23. The normalized spacial score (nSPS) is 16.1. The number of rotatable bonds is 24. The minimum absolute atomic E-state index is 0.0664. The van der Waals surface area contributed by atoms with Crippen molar-refractivity contribution in [2.24, 2.45) is 11.8 Å². The zero-order valence-corrected chi connectivity index (χ0v) is 24.6. The highest BCUT2D eigenvalue weighted by atomic mass is 31.2. The summed E-state index contributed by atoms with van der Waals surface area (Å²) in [5.74, 6) is 0.610. The van der Waals surface area contributed by atoms with Gasteiger partial charge in [0, 0.05) is 13.5 Å². The van der Waals surface area contributed by atoms with Crippen molar-refractivity contribution in [3.63, 3.8) is 0 Å². The highest BCUT2D eigenvalue weighted by Gasteiger charge is 2.24. The lowest BCUT2D eigenvalue weighted by molar-refractivity contribution is -0.855. The number of quaternary nitrogens is 1. The van der Waals surface area contributed by atoms with Gasteiger partial charge in [-0.15, -0.1) is 0 Å². The molecule has 7 nitrogen and oxygen atoms in total. The van der Waals surface area contributed by atoms with Gasteiger partial charge in [0.1, 0.15) is 6.10 Å². The van der Waals surface area contributed by atoms with E-state index in [0.717, 1.165) is 11.3 Å². The second-order valence-corrected chi connectivity index (χ2v) is 12.8. The lowest BCUT2D eigenvalue weighted by Crippen LogP contribution is -3.06. The fourth-order valence-corrected chi connectivity index (χ4v) is 5.49. The molecule has 35 heavy (non-hydrogen) atoms. The van der Waals surface area contributed by atoms with E-state index in [-0.39, 0.29) is 19.4 Å². The van der Waals surface area contributed by atoms with Gasteiger partial charge in [0.2, 0.25) is 0 Å². The molecule has 0 saturated heterocycles. The molecule has 0 saturated carbocycles. The number of hydrogen-bond acceptors (Lipinski definition) is 5. The maximum Gasteiger partial charge on any atom is 0.333 e. The number of ether oxygens (including phenoxy) is 2.